The van der Waals surface area contributed by atoms with Gasteiger partial charge in [-0.2, -0.15) is 0 Å². The number of aryl methyl sites for hydroxylation is 1. The predicted octanol–water partition coefficient (Wildman–Crippen LogP) is 5.55. The summed E-state index contributed by atoms with van der Waals surface area (Å²) in [6.45, 7) is 6.07. The van der Waals surface area contributed by atoms with Crippen LogP contribution >= 0.6 is 11.3 Å². The zero-order valence-corrected chi connectivity index (χ0v) is 20.8. The van der Waals surface area contributed by atoms with E-state index in [-0.39, 0.29) is 6.10 Å². The Morgan fingerprint density at radius 3 is 2.57 bits per heavy atom. The SMILES string of the molecule is Cc1sc(-c2ccc(-c3ccccc3)nc2)nc1CCOc1[c]c(C(N)C(=O)OC(C)C)ccc1. The average molecular weight is 487 g/mol. The summed E-state index contributed by atoms with van der Waals surface area (Å²) in [6.07, 6.45) is 2.29. The van der Waals surface area contributed by atoms with E-state index in [4.69, 9.17) is 20.2 Å². The molecule has 4 aromatic rings. The van der Waals surface area contributed by atoms with E-state index in [1.165, 1.54) is 0 Å². The van der Waals surface area contributed by atoms with Crippen LogP contribution < -0.4 is 10.5 Å². The maximum atomic E-state index is 12.1. The van der Waals surface area contributed by atoms with Gasteiger partial charge in [-0.3, -0.25) is 4.98 Å². The Labute approximate surface area is 209 Å². The molecule has 1 atom stereocenters. The van der Waals surface area contributed by atoms with E-state index < -0.39 is 12.0 Å². The van der Waals surface area contributed by atoms with Crippen molar-refractivity contribution in [3.63, 3.8) is 0 Å². The zero-order valence-electron chi connectivity index (χ0n) is 20.0. The molecule has 2 heterocycles. The molecule has 1 radical (unpaired) electrons. The molecule has 1 unspecified atom stereocenters. The van der Waals surface area contributed by atoms with Gasteiger partial charge in [0.1, 0.15) is 16.8 Å². The van der Waals surface area contributed by atoms with E-state index in [9.17, 15) is 4.79 Å². The van der Waals surface area contributed by atoms with Gasteiger partial charge in [0.25, 0.3) is 0 Å². The first kappa shape index (κ1) is 24.6. The molecule has 2 aromatic heterocycles. The standard InChI is InChI=1S/C28H28N3O3S/c1-18(2)34-28(32)26(29)21-10-7-11-23(16-21)33-15-14-24-19(3)35-27(31-24)22-12-13-25(30-17-22)20-8-5-4-6-9-20/h4-13,17-18,26H,14-15,29H2,1-3H3. The quantitative estimate of drug-likeness (QED) is 0.312. The predicted molar refractivity (Wildman–Crippen MR) is 138 cm³/mol. The van der Waals surface area contributed by atoms with Crippen LogP contribution in [0.2, 0.25) is 0 Å². The molecule has 0 aliphatic heterocycles. The van der Waals surface area contributed by atoms with Crippen molar-refractivity contribution in [1.29, 1.82) is 0 Å². The first-order chi connectivity index (χ1) is 16.9. The number of aromatic nitrogens is 2. The number of esters is 1. The smallest absolute Gasteiger partial charge is 0.327 e. The third-order valence-corrected chi connectivity index (χ3v) is 6.36. The fraction of sp³-hybridized carbons (Fsp3) is 0.250. The van der Waals surface area contributed by atoms with Crippen molar-refractivity contribution in [2.45, 2.75) is 39.3 Å². The second kappa shape index (κ2) is 11.3. The molecule has 0 aliphatic carbocycles. The molecule has 0 saturated carbocycles. The summed E-state index contributed by atoms with van der Waals surface area (Å²) in [5.41, 5.74) is 10.6. The number of hydrogen-bond donors (Lipinski definition) is 1. The van der Waals surface area contributed by atoms with Crippen molar-refractivity contribution in [2.75, 3.05) is 6.61 Å². The van der Waals surface area contributed by atoms with Crippen molar-refractivity contribution in [2.24, 2.45) is 5.73 Å². The van der Waals surface area contributed by atoms with Crippen LogP contribution in [-0.4, -0.2) is 28.6 Å². The van der Waals surface area contributed by atoms with Gasteiger partial charge >= 0.3 is 5.97 Å². The maximum absolute atomic E-state index is 12.1. The molecular weight excluding hydrogens is 458 g/mol. The highest BCUT2D eigenvalue weighted by Crippen LogP contribution is 2.29. The van der Waals surface area contributed by atoms with Crippen LogP contribution in [0.5, 0.6) is 5.75 Å². The molecule has 0 saturated heterocycles. The number of ether oxygens (including phenoxy) is 2. The zero-order chi connectivity index (χ0) is 24.8. The Balaban J connectivity index is 1.37. The number of carbonyl (C=O) groups excluding carboxylic acids is 1. The first-order valence-corrected chi connectivity index (χ1v) is 12.3. The minimum atomic E-state index is -0.897. The van der Waals surface area contributed by atoms with E-state index in [1.807, 2.05) is 42.6 Å². The molecule has 0 spiro atoms. The summed E-state index contributed by atoms with van der Waals surface area (Å²) in [5.74, 6) is 0.0504. The molecule has 0 aliphatic rings. The van der Waals surface area contributed by atoms with Gasteiger partial charge in [0, 0.05) is 34.7 Å². The molecule has 179 valence electrons. The fourth-order valence-corrected chi connectivity index (χ4v) is 4.45. The van der Waals surface area contributed by atoms with Crippen LogP contribution in [0, 0.1) is 13.0 Å². The van der Waals surface area contributed by atoms with Gasteiger partial charge in [0.05, 0.1) is 24.1 Å². The molecule has 0 bridgehead atoms. The number of nitrogens with zero attached hydrogens (tertiary/aromatic N) is 2. The van der Waals surface area contributed by atoms with Gasteiger partial charge in [0.2, 0.25) is 0 Å². The third-order valence-electron chi connectivity index (χ3n) is 5.30. The summed E-state index contributed by atoms with van der Waals surface area (Å²) in [4.78, 5) is 22.7. The lowest BCUT2D eigenvalue weighted by Crippen LogP contribution is -2.26. The molecule has 4 rings (SSSR count). The number of benzene rings is 2. The second-order valence-corrected chi connectivity index (χ2v) is 9.56. The van der Waals surface area contributed by atoms with E-state index in [0.717, 1.165) is 32.4 Å². The van der Waals surface area contributed by atoms with Crippen molar-refractivity contribution in [1.82, 2.24) is 9.97 Å². The lowest BCUT2D eigenvalue weighted by atomic mass is 10.1. The lowest BCUT2D eigenvalue weighted by molar-refractivity contribution is -0.149. The van der Waals surface area contributed by atoms with Gasteiger partial charge in [0.15, 0.2) is 0 Å². The lowest BCUT2D eigenvalue weighted by Gasteiger charge is -2.14. The Morgan fingerprint density at radius 2 is 1.86 bits per heavy atom. The van der Waals surface area contributed by atoms with Crippen LogP contribution in [0.4, 0.5) is 0 Å². The molecule has 7 heteroatoms. The monoisotopic (exact) mass is 486 g/mol. The highest BCUT2D eigenvalue weighted by Gasteiger charge is 2.19. The topological polar surface area (TPSA) is 87.3 Å². The van der Waals surface area contributed by atoms with Crippen LogP contribution in [0.1, 0.15) is 36.0 Å². The molecule has 2 aromatic carbocycles. The van der Waals surface area contributed by atoms with Crippen LogP contribution in [0.3, 0.4) is 0 Å². The number of thiazole rings is 1. The van der Waals surface area contributed by atoms with E-state index >= 15 is 0 Å². The van der Waals surface area contributed by atoms with Gasteiger partial charge in [-0.05, 0) is 44.5 Å². The maximum Gasteiger partial charge on any atom is 0.327 e. The van der Waals surface area contributed by atoms with Gasteiger partial charge < -0.3 is 15.2 Å². The number of nitrogens with two attached hydrogens (primary N) is 1. The minimum Gasteiger partial charge on any atom is -0.493 e. The van der Waals surface area contributed by atoms with Crippen LogP contribution in [0.15, 0.2) is 66.9 Å². The summed E-state index contributed by atoms with van der Waals surface area (Å²) in [5, 5.41) is 0.938. The molecule has 6 nitrogen and oxygen atoms in total. The average Bonchev–Trinajstić information content (AvgIpc) is 3.24. The second-order valence-electron chi connectivity index (χ2n) is 8.35. The Hall–Kier alpha value is -3.55. The summed E-state index contributed by atoms with van der Waals surface area (Å²) in [7, 11) is 0. The van der Waals surface area contributed by atoms with Crippen LogP contribution in [-0.2, 0) is 16.0 Å². The number of pyridine rings is 1. The third kappa shape index (κ3) is 6.32. The normalized spacial score (nSPS) is 11.9. The Bertz CT molecular complexity index is 1270. The first-order valence-electron chi connectivity index (χ1n) is 11.5. The van der Waals surface area contributed by atoms with Gasteiger partial charge in [-0.1, -0.05) is 42.5 Å². The van der Waals surface area contributed by atoms with Crippen molar-refractivity contribution >= 4 is 17.3 Å². The van der Waals surface area contributed by atoms with E-state index in [1.54, 1.807) is 43.4 Å². The highest BCUT2D eigenvalue weighted by molar-refractivity contribution is 7.15. The molecule has 0 amide bonds. The van der Waals surface area contributed by atoms with Gasteiger partial charge in [-0.25, -0.2) is 9.78 Å². The fourth-order valence-electron chi connectivity index (χ4n) is 3.50. The Kier molecular flexibility index (Phi) is 7.90. The summed E-state index contributed by atoms with van der Waals surface area (Å²) in [6, 6.07) is 21.7. The molecule has 35 heavy (non-hydrogen) atoms. The van der Waals surface area contributed by atoms with E-state index in [0.29, 0.717) is 24.3 Å². The van der Waals surface area contributed by atoms with Crippen molar-refractivity contribution in [3.8, 4) is 27.6 Å². The number of carbonyl (C=O) groups is 1. The van der Waals surface area contributed by atoms with Crippen molar-refractivity contribution in [3.05, 3.63) is 89.1 Å². The molecule has 0 fully saturated rings. The number of rotatable bonds is 9. The van der Waals surface area contributed by atoms with Crippen LogP contribution in [0.25, 0.3) is 21.8 Å². The van der Waals surface area contributed by atoms with Gasteiger partial charge in [-0.15, -0.1) is 11.3 Å². The summed E-state index contributed by atoms with van der Waals surface area (Å²) >= 11 is 1.65. The van der Waals surface area contributed by atoms with Crippen molar-refractivity contribution < 1.29 is 14.3 Å². The molecular formula is C28H28N3O3S. The van der Waals surface area contributed by atoms with E-state index in [2.05, 4.69) is 24.0 Å². The summed E-state index contributed by atoms with van der Waals surface area (Å²) < 4.78 is 11.1. The minimum absolute atomic E-state index is 0.225. The molecule has 2 N–H and O–H groups in total. The number of hydrogen-bond acceptors (Lipinski definition) is 7. The largest absolute Gasteiger partial charge is 0.493 e. The highest BCUT2D eigenvalue weighted by atomic mass is 32.1. The Morgan fingerprint density at radius 1 is 1.06 bits per heavy atom.